The lowest BCUT2D eigenvalue weighted by Gasteiger charge is -2.05. The first-order chi connectivity index (χ1) is 9.56. The fourth-order valence-electron chi connectivity index (χ4n) is 2.01. The quantitative estimate of drug-likeness (QED) is 0.690. The zero-order valence-corrected chi connectivity index (χ0v) is 12.1. The molecule has 0 bridgehead atoms. The molecule has 20 heavy (non-hydrogen) atoms. The van der Waals surface area contributed by atoms with Crippen molar-refractivity contribution in [1.82, 2.24) is 19.5 Å². The minimum Gasteiger partial charge on any atom is -0.399 e. The molecule has 0 spiro atoms. The van der Waals surface area contributed by atoms with E-state index in [-0.39, 0.29) is 11.6 Å². The largest absolute Gasteiger partial charge is 0.399 e. The number of aryl methyl sites for hydroxylation is 1. The Hall–Kier alpha value is -2.28. The number of carbonyl (C=O) groups is 1. The summed E-state index contributed by atoms with van der Waals surface area (Å²) in [5.74, 6) is 0.302. The highest BCUT2D eigenvalue weighted by Gasteiger charge is 2.17. The van der Waals surface area contributed by atoms with Crippen LogP contribution in [0.15, 0.2) is 35.2 Å². The third-order valence-electron chi connectivity index (χ3n) is 2.89. The van der Waals surface area contributed by atoms with E-state index in [1.807, 2.05) is 0 Å². The standard InChI is InChI=1S/C13H10BrN5O/c1-7-18-9-3-2-8(15)4-11(9)19(7)13(20)10-5-17-12(14)6-16-10/h2-6H,15H2,1H3. The first-order valence-corrected chi connectivity index (χ1v) is 6.62. The second-order valence-corrected chi connectivity index (χ2v) is 5.08. The second-order valence-electron chi connectivity index (χ2n) is 4.27. The molecule has 2 N–H and O–H groups in total. The normalized spacial score (nSPS) is 10.9. The van der Waals surface area contributed by atoms with Crippen LogP contribution in [0.2, 0.25) is 0 Å². The highest BCUT2D eigenvalue weighted by molar-refractivity contribution is 9.10. The number of rotatable bonds is 1. The summed E-state index contributed by atoms with van der Waals surface area (Å²) in [5.41, 5.74) is 7.98. The van der Waals surface area contributed by atoms with Gasteiger partial charge in [0.15, 0.2) is 0 Å². The predicted octanol–water partition coefficient (Wildman–Crippen LogP) is 2.17. The summed E-state index contributed by atoms with van der Waals surface area (Å²) < 4.78 is 2.06. The summed E-state index contributed by atoms with van der Waals surface area (Å²) >= 11 is 3.19. The summed E-state index contributed by atoms with van der Waals surface area (Å²) in [5, 5.41) is 0. The van der Waals surface area contributed by atoms with E-state index in [2.05, 4.69) is 30.9 Å². The van der Waals surface area contributed by atoms with Gasteiger partial charge in [-0.15, -0.1) is 0 Å². The maximum Gasteiger partial charge on any atom is 0.284 e. The Labute approximate surface area is 122 Å². The van der Waals surface area contributed by atoms with Crippen molar-refractivity contribution in [3.8, 4) is 0 Å². The number of benzene rings is 1. The van der Waals surface area contributed by atoms with Crippen molar-refractivity contribution >= 4 is 38.6 Å². The molecule has 0 saturated heterocycles. The van der Waals surface area contributed by atoms with Crippen molar-refractivity contribution in [2.45, 2.75) is 6.92 Å². The van der Waals surface area contributed by atoms with E-state index in [0.29, 0.717) is 21.6 Å². The monoisotopic (exact) mass is 331 g/mol. The summed E-state index contributed by atoms with van der Waals surface area (Å²) in [6.07, 6.45) is 2.90. The number of aromatic nitrogens is 4. The molecule has 2 aromatic heterocycles. The van der Waals surface area contributed by atoms with Gasteiger partial charge in [-0.3, -0.25) is 9.36 Å². The number of nitrogen functional groups attached to an aromatic ring is 1. The zero-order chi connectivity index (χ0) is 14.3. The first kappa shape index (κ1) is 12.7. The van der Waals surface area contributed by atoms with Gasteiger partial charge >= 0.3 is 0 Å². The van der Waals surface area contributed by atoms with Gasteiger partial charge in [0.2, 0.25) is 0 Å². The molecule has 7 heteroatoms. The van der Waals surface area contributed by atoms with Gasteiger partial charge in [0.05, 0.1) is 23.4 Å². The van der Waals surface area contributed by atoms with Gasteiger partial charge in [-0.1, -0.05) is 0 Å². The minimum absolute atomic E-state index is 0.248. The van der Waals surface area contributed by atoms with Crippen LogP contribution in [-0.2, 0) is 0 Å². The third-order valence-corrected chi connectivity index (χ3v) is 3.30. The maximum atomic E-state index is 12.5. The van der Waals surface area contributed by atoms with Crippen LogP contribution in [0.4, 0.5) is 5.69 Å². The SMILES string of the molecule is Cc1nc2ccc(N)cc2n1C(=O)c1cnc(Br)cn1. The number of hydrogen-bond donors (Lipinski definition) is 1. The van der Waals surface area contributed by atoms with Crippen LogP contribution in [0, 0.1) is 6.92 Å². The number of anilines is 1. The van der Waals surface area contributed by atoms with Gasteiger partial charge in [-0.2, -0.15) is 0 Å². The predicted molar refractivity (Wildman–Crippen MR) is 78.3 cm³/mol. The molecule has 0 aliphatic carbocycles. The number of nitrogens with zero attached hydrogens (tertiary/aromatic N) is 4. The molecule has 0 aliphatic heterocycles. The summed E-state index contributed by atoms with van der Waals surface area (Å²) in [7, 11) is 0. The van der Waals surface area contributed by atoms with Crippen molar-refractivity contribution in [3.05, 3.63) is 46.7 Å². The highest BCUT2D eigenvalue weighted by atomic mass is 79.9. The average Bonchev–Trinajstić information content (AvgIpc) is 2.74. The third kappa shape index (κ3) is 2.05. The molecule has 0 fully saturated rings. The lowest BCUT2D eigenvalue weighted by molar-refractivity contribution is 0.0957. The van der Waals surface area contributed by atoms with Crippen LogP contribution < -0.4 is 5.73 Å². The molecular formula is C13H10BrN5O. The van der Waals surface area contributed by atoms with Crippen LogP contribution in [-0.4, -0.2) is 25.4 Å². The highest BCUT2D eigenvalue weighted by Crippen LogP contribution is 2.20. The van der Waals surface area contributed by atoms with E-state index < -0.39 is 0 Å². The van der Waals surface area contributed by atoms with E-state index >= 15 is 0 Å². The van der Waals surface area contributed by atoms with Crippen LogP contribution >= 0.6 is 15.9 Å². The molecule has 0 saturated carbocycles. The van der Waals surface area contributed by atoms with Gasteiger partial charge in [0.1, 0.15) is 16.1 Å². The lowest BCUT2D eigenvalue weighted by Crippen LogP contribution is -2.15. The molecule has 0 aliphatic rings. The van der Waals surface area contributed by atoms with Crippen molar-refractivity contribution in [3.63, 3.8) is 0 Å². The van der Waals surface area contributed by atoms with E-state index in [1.165, 1.54) is 17.0 Å². The lowest BCUT2D eigenvalue weighted by atomic mass is 10.2. The Morgan fingerprint density at radius 2 is 2.10 bits per heavy atom. The van der Waals surface area contributed by atoms with E-state index in [0.717, 1.165) is 5.52 Å². The zero-order valence-electron chi connectivity index (χ0n) is 10.5. The fraction of sp³-hybridized carbons (Fsp3) is 0.0769. The second kappa shape index (κ2) is 4.68. The Bertz CT molecular complexity index is 809. The number of nitrogens with two attached hydrogens (primary N) is 1. The number of fused-ring (bicyclic) bond motifs is 1. The maximum absolute atomic E-state index is 12.5. The van der Waals surface area contributed by atoms with Gasteiger partial charge in [-0.05, 0) is 41.1 Å². The molecule has 0 unspecified atom stereocenters. The van der Waals surface area contributed by atoms with Crippen LogP contribution in [0.25, 0.3) is 11.0 Å². The number of imidazole rings is 1. The summed E-state index contributed by atoms with van der Waals surface area (Å²) in [6, 6.07) is 5.26. The van der Waals surface area contributed by atoms with Gasteiger partial charge in [0, 0.05) is 5.69 Å². The van der Waals surface area contributed by atoms with E-state index in [1.54, 1.807) is 25.1 Å². The number of carbonyl (C=O) groups excluding carboxylic acids is 1. The van der Waals surface area contributed by atoms with Crippen LogP contribution in [0.1, 0.15) is 16.3 Å². The molecule has 3 rings (SSSR count). The molecule has 0 radical (unpaired) electrons. The van der Waals surface area contributed by atoms with E-state index in [4.69, 9.17) is 5.73 Å². The minimum atomic E-state index is -0.282. The molecule has 0 atom stereocenters. The molecule has 6 nitrogen and oxygen atoms in total. The molecular weight excluding hydrogens is 322 g/mol. The van der Waals surface area contributed by atoms with Crippen LogP contribution in [0.3, 0.4) is 0 Å². The van der Waals surface area contributed by atoms with Gasteiger partial charge < -0.3 is 5.73 Å². The van der Waals surface area contributed by atoms with Crippen molar-refractivity contribution in [1.29, 1.82) is 0 Å². The van der Waals surface area contributed by atoms with Gasteiger partial charge in [0.25, 0.3) is 5.91 Å². The first-order valence-electron chi connectivity index (χ1n) is 5.83. The smallest absolute Gasteiger partial charge is 0.284 e. The van der Waals surface area contributed by atoms with Crippen molar-refractivity contribution in [2.24, 2.45) is 0 Å². The fourth-order valence-corrected chi connectivity index (χ4v) is 2.21. The van der Waals surface area contributed by atoms with Crippen LogP contribution in [0.5, 0.6) is 0 Å². The number of halogens is 1. The summed E-state index contributed by atoms with van der Waals surface area (Å²) in [4.78, 5) is 25.0. The molecule has 1 aromatic carbocycles. The van der Waals surface area contributed by atoms with Crippen molar-refractivity contribution in [2.75, 3.05) is 5.73 Å². The average molecular weight is 332 g/mol. The Kier molecular flexibility index (Phi) is 2.98. The topological polar surface area (TPSA) is 86.7 Å². The molecule has 0 amide bonds. The molecule has 3 aromatic rings. The Morgan fingerprint density at radius 1 is 1.30 bits per heavy atom. The Morgan fingerprint density at radius 3 is 2.80 bits per heavy atom. The van der Waals surface area contributed by atoms with Gasteiger partial charge in [-0.25, -0.2) is 15.0 Å². The number of hydrogen-bond acceptors (Lipinski definition) is 5. The molecule has 2 heterocycles. The van der Waals surface area contributed by atoms with E-state index in [9.17, 15) is 4.79 Å². The van der Waals surface area contributed by atoms with Crippen molar-refractivity contribution < 1.29 is 4.79 Å². The Balaban J connectivity index is 2.18. The summed E-state index contributed by atoms with van der Waals surface area (Å²) in [6.45, 7) is 1.76. The molecule has 100 valence electrons.